The van der Waals surface area contributed by atoms with Crippen molar-refractivity contribution < 1.29 is 14.3 Å². The molecule has 0 saturated heterocycles. The lowest BCUT2D eigenvalue weighted by Gasteiger charge is -2.32. The molecule has 0 aromatic carbocycles. The Hall–Kier alpha value is -2.12. The van der Waals surface area contributed by atoms with Crippen LogP contribution < -0.4 is 10.6 Å². The largest absolute Gasteiger partial charge is 0.444 e. The molecule has 0 radical (unpaired) electrons. The molecule has 0 bridgehead atoms. The predicted octanol–water partition coefficient (Wildman–Crippen LogP) is 2.26. The molecule has 2 amide bonds. The number of aromatic nitrogens is 3. The van der Waals surface area contributed by atoms with Crippen molar-refractivity contribution in [3.63, 3.8) is 0 Å². The monoisotopic (exact) mass is 365 g/mol. The van der Waals surface area contributed by atoms with Crippen LogP contribution in [0.25, 0.3) is 0 Å². The molecule has 1 aliphatic carbocycles. The number of amides is 2. The van der Waals surface area contributed by atoms with Crippen molar-refractivity contribution in [2.45, 2.75) is 77.5 Å². The van der Waals surface area contributed by atoms with Crippen LogP contribution in [0, 0.1) is 5.92 Å². The van der Waals surface area contributed by atoms with E-state index in [0.29, 0.717) is 19.5 Å². The highest BCUT2D eigenvalue weighted by Crippen LogP contribution is 2.24. The summed E-state index contributed by atoms with van der Waals surface area (Å²) in [5, 5.41) is 10.0. The highest BCUT2D eigenvalue weighted by atomic mass is 16.6. The molecule has 0 spiro atoms. The van der Waals surface area contributed by atoms with Gasteiger partial charge in [-0.25, -0.2) is 9.78 Å². The van der Waals surface area contributed by atoms with Gasteiger partial charge < -0.3 is 15.4 Å². The number of rotatable bonds is 7. The van der Waals surface area contributed by atoms with Gasteiger partial charge in [0.05, 0.1) is 0 Å². The van der Waals surface area contributed by atoms with E-state index in [2.05, 4.69) is 20.7 Å². The van der Waals surface area contributed by atoms with Gasteiger partial charge in [-0.2, -0.15) is 5.10 Å². The number of carbonyl (C=O) groups is 2. The van der Waals surface area contributed by atoms with Gasteiger partial charge in [0.1, 0.15) is 18.3 Å². The van der Waals surface area contributed by atoms with Crippen molar-refractivity contribution >= 4 is 12.0 Å². The molecule has 1 fully saturated rings. The van der Waals surface area contributed by atoms with Gasteiger partial charge in [-0.15, -0.1) is 0 Å². The van der Waals surface area contributed by atoms with E-state index in [4.69, 9.17) is 4.74 Å². The van der Waals surface area contributed by atoms with E-state index in [-0.39, 0.29) is 17.9 Å². The highest BCUT2D eigenvalue weighted by molar-refractivity contribution is 5.76. The van der Waals surface area contributed by atoms with E-state index in [1.165, 1.54) is 6.33 Å². The van der Waals surface area contributed by atoms with Gasteiger partial charge in [0, 0.05) is 25.6 Å². The summed E-state index contributed by atoms with van der Waals surface area (Å²) in [7, 11) is 0. The number of ether oxygens (including phenoxy) is 1. The van der Waals surface area contributed by atoms with Crippen LogP contribution >= 0.6 is 0 Å². The SMILES string of the molecule is CC(C)(C)OC(=O)NC[C@H]1CCCC[C@H]1NC(=O)CCCn1cncn1. The first kappa shape index (κ1) is 20.2. The van der Waals surface area contributed by atoms with Crippen molar-refractivity contribution in [1.82, 2.24) is 25.4 Å². The fraction of sp³-hybridized carbons (Fsp3) is 0.778. The molecule has 1 aliphatic rings. The Balaban J connectivity index is 1.72. The first-order chi connectivity index (χ1) is 12.3. The van der Waals surface area contributed by atoms with E-state index >= 15 is 0 Å². The van der Waals surface area contributed by atoms with Gasteiger partial charge in [0.2, 0.25) is 5.91 Å². The van der Waals surface area contributed by atoms with Crippen LogP contribution in [-0.2, 0) is 16.1 Å². The summed E-state index contributed by atoms with van der Waals surface area (Å²) < 4.78 is 7.01. The van der Waals surface area contributed by atoms with Crippen molar-refractivity contribution in [3.8, 4) is 0 Å². The first-order valence-corrected chi connectivity index (χ1v) is 9.42. The standard InChI is InChI=1S/C18H31N5O3/c1-18(2,3)26-17(25)20-11-14-7-4-5-8-15(14)22-16(24)9-6-10-23-13-19-12-21-23/h12-15H,4-11H2,1-3H3,(H,20,25)(H,22,24)/t14-,15-/m1/s1. The minimum atomic E-state index is -0.506. The average Bonchev–Trinajstić information content (AvgIpc) is 3.06. The minimum absolute atomic E-state index is 0.0549. The smallest absolute Gasteiger partial charge is 0.407 e. The Morgan fingerprint density at radius 3 is 2.73 bits per heavy atom. The molecule has 1 aromatic rings. The second-order valence-corrected chi connectivity index (χ2v) is 7.86. The molecule has 0 unspecified atom stereocenters. The Bertz CT molecular complexity index is 568. The number of nitrogens with one attached hydrogen (secondary N) is 2. The third-order valence-corrected chi connectivity index (χ3v) is 4.42. The number of hydrogen-bond acceptors (Lipinski definition) is 5. The van der Waals surface area contributed by atoms with Crippen molar-refractivity contribution in [2.75, 3.05) is 6.54 Å². The lowest BCUT2D eigenvalue weighted by molar-refractivity contribution is -0.122. The van der Waals surface area contributed by atoms with E-state index in [1.807, 2.05) is 20.8 Å². The van der Waals surface area contributed by atoms with Crippen LogP contribution in [0.1, 0.15) is 59.3 Å². The lowest BCUT2D eigenvalue weighted by atomic mass is 9.84. The zero-order valence-corrected chi connectivity index (χ0v) is 16.0. The van der Waals surface area contributed by atoms with E-state index in [0.717, 1.165) is 32.1 Å². The van der Waals surface area contributed by atoms with Gasteiger partial charge in [-0.1, -0.05) is 12.8 Å². The summed E-state index contributed by atoms with van der Waals surface area (Å²) in [5.41, 5.74) is -0.506. The van der Waals surface area contributed by atoms with Gasteiger partial charge in [0.25, 0.3) is 0 Å². The maximum absolute atomic E-state index is 12.2. The molecule has 8 nitrogen and oxygen atoms in total. The molecule has 146 valence electrons. The third-order valence-electron chi connectivity index (χ3n) is 4.42. The van der Waals surface area contributed by atoms with Crippen molar-refractivity contribution in [2.24, 2.45) is 5.92 Å². The van der Waals surface area contributed by atoms with Gasteiger partial charge >= 0.3 is 6.09 Å². The summed E-state index contributed by atoms with van der Waals surface area (Å²) in [6.07, 6.45) is 8.11. The number of nitrogens with zero attached hydrogens (tertiary/aromatic N) is 3. The molecule has 1 heterocycles. The quantitative estimate of drug-likeness (QED) is 0.772. The van der Waals surface area contributed by atoms with E-state index < -0.39 is 11.7 Å². The Morgan fingerprint density at radius 1 is 1.27 bits per heavy atom. The van der Waals surface area contributed by atoms with E-state index in [9.17, 15) is 9.59 Å². The zero-order chi connectivity index (χ0) is 19.0. The van der Waals surface area contributed by atoms with Crippen LogP contribution in [0.4, 0.5) is 4.79 Å². The summed E-state index contributed by atoms with van der Waals surface area (Å²) in [6, 6.07) is 0.109. The molecule has 8 heteroatoms. The van der Waals surface area contributed by atoms with Crippen LogP contribution in [0.3, 0.4) is 0 Å². The van der Waals surface area contributed by atoms with Crippen LogP contribution in [-0.4, -0.2) is 45.0 Å². The molecule has 2 N–H and O–H groups in total. The van der Waals surface area contributed by atoms with Crippen LogP contribution in [0.2, 0.25) is 0 Å². The summed E-state index contributed by atoms with van der Waals surface area (Å²) >= 11 is 0. The molecule has 2 atom stereocenters. The van der Waals surface area contributed by atoms with Crippen LogP contribution in [0.15, 0.2) is 12.7 Å². The second kappa shape index (κ2) is 9.54. The summed E-state index contributed by atoms with van der Waals surface area (Å²) in [4.78, 5) is 28.0. The molecule has 0 aliphatic heterocycles. The topological polar surface area (TPSA) is 98.1 Å². The maximum atomic E-state index is 12.2. The third kappa shape index (κ3) is 7.41. The minimum Gasteiger partial charge on any atom is -0.444 e. The van der Waals surface area contributed by atoms with Gasteiger partial charge in [-0.3, -0.25) is 9.48 Å². The second-order valence-electron chi connectivity index (χ2n) is 7.86. The Morgan fingerprint density at radius 2 is 2.04 bits per heavy atom. The lowest BCUT2D eigenvalue weighted by Crippen LogP contribution is -2.47. The summed E-state index contributed by atoms with van der Waals surface area (Å²) in [6.45, 7) is 6.74. The maximum Gasteiger partial charge on any atom is 0.407 e. The first-order valence-electron chi connectivity index (χ1n) is 9.42. The molecule has 1 aromatic heterocycles. The van der Waals surface area contributed by atoms with Gasteiger partial charge in [0.15, 0.2) is 0 Å². The average molecular weight is 365 g/mol. The van der Waals surface area contributed by atoms with Gasteiger partial charge in [-0.05, 0) is 46.0 Å². The van der Waals surface area contributed by atoms with Crippen LogP contribution in [0.5, 0.6) is 0 Å². The van der Waals surface area contributed by atoms with Crippen molar-refractivity contribution in [1.29, 1.82) is 0 Å². The van der Waals surface area contributed by atoms with Crippen molar-refractivity contribution in [3.05, 3.63) is 12.7 Å². The number of aryl methyl sites for hydroxylation is 1. The number of carbonyl (C=O) groups excluding carboxylic acids is 2. The Labute approximate surface area is 155 Å². The Kier molecular flexibility index (Phi) is 7.41. The molecular weight excluding hydrogens is 334 g/mol. The fourth-order valence-corrected chi connectivity index (χ4v) is 3.20. The molecule has 2 rings (SSSR count). The fourth-order valence-electron chi connectivity index (χ4n) is 3.20. The normalized spacial score (nSPS) is 20.4. The highest BCUT2D eigenvalue weighted by Gasteiger charge is 2.27. The molecule has 26 heavy (non-hydrogen) atoms. The number of alkyl carbamates (subject to hydrolysis) is 1. The molecule has 1 saturated carbocycles. The van der Waals surface area contributed by atoms with E-state index in [1.54, 1.807) is 11.0 Å². The summed E-state index contributed by atoms with van der Waals surface area (Å²) in [5.74, 6) is 0.301. The zero-order valence-electron chi connectivity index (χ0n) is 16.0. The molecular formula is C18H31N5O3. The predicted molar refractivity (Wildman–Crippen MR) is 97.4 cm³/mol. The number of hydrogen-bond donors (Lipinski definition) is 2.